The summed E-state index contributed by atoms with van der Waals surface area (Å²) in [4.78, 5) is 23.4. The maximum absolute atomic E-state index is 12.2. The highest BCUT2D eigenvalue weighted by Crippen LogP contribution is 2.14. The highest BCUT2D eigenvalue weighted by atomic mass is 16.5. The molecule has 0 spiro atoms. The fraction of sp³-hybridized carbons (Fsp3) is 0.222. The normalized spacial score (nSPS) is 11.4. The van der Waals surface area contributed by atoms with E-state index in [-0.39, 0.29) is 5.70 Å². The summed E-state index contributed by atoms with van der Waals surface area (Å²) < 4.78 is 10.6. The Balaban J connectivity index is 2.06. The molecule has 2 aromatic rings. The minimum atomic E-state index is -1.25. The van der Waals surface area contributed by atoms with E-state index in [1.54, 1.807) is 36.4 Å². The van der Waals surface area contributed by atoms with Gasteiger partial charge < -0.3 is 19.6 Å². The monoisotopic (exact) mass is 329 g/mol. The molecule has 24 heavy (non-hydrogen) atoms. The van der Waals surface area contributed by atoms with Gasteiger partial charge in [0.15, 0.2) is 0 Å². The minimum absolute atomic E-state index is 0.268. The van der Waals surface area contributed by atoms with E-state index >= 15 is 0 Å². The Kier molecular flexibility index (Phi) is 5.78. The molecule has 1 aromatic heterocycles. The molecule has 0 radical (unpaired) electrons. The lowest BCUT2D eigenvalue weighted by Crippen LogP contribution is -2.27. The second-order valence-corrected chi connectivity index (χ2v) is 5.56. The fourth-order valence-electron chi connectivity index (χ4n) is 1.83. The first kappa shape index (κ1) is 17.3. The Morgan fingerprint density at radius 2 is 1.96 bits per heavy atom. The third-order valence-corrected chi connectivity index (χ3v) is 3.01. The van der Waals surface area contributed by atoms with E-state index in [0.717, 1.165) is 0 Å². The third kappa shape index (κ3) is 5.01. The van der Waals surface area contributed by atoms with Crippen LogP contribution in [0.3, 0.4) is 0 Å². The van der Waals surface area contributed by atoms with Crippen molar-refractivity contribution in [3.63, 3.8) is 0 Å². The van der Waals surface area contributed by atoms with Crippen LogP contribution in [-0.4, -0.2) is 23.6 Å². The van der Waals surface area contributed by atoms with Crippen LogP contribution in [0, 0.1) is 5.92 Å². The largest absolute Gasteiger partial charge is 0.493 e. The van der Waals surface area contributed by atoms with Gasteiger partial charge in [0.05, 0.1) is 12.9 Å². The number of rotatable bonds is 7. The number of carboxylic acid groups (broad SMARTS) is 1. The molecular weight excluding hydrogens is 310 g/mol. The molecule has 1 heterocycles. The number of nitrogens with one attached hydrogen (secondary N) is 1. The van der Waals surface area contributed by atoms with Crippen LogP contribution in [0.25, 0.3) is 6.08 Å². The van der Waals surface area contributed by atoms with Crippen molar-refractivity contribution in [2.45, 2.75) is 13.8 Å². The van der Waals surface area contributed by atoms with E-state index in [1.165, 1.54) is 12.3 Å². The molecule has 0 aliphatic carbocycles. The summed E-state index contributed by atoms with van der Waals surface area (Å²) in [7, 11) is 0. The molecule has 0 unspecified atom stereocenters. The van der Waals surface area contributed by atoms with Crippen molar-refractivity contribution >= 4 is 18.0 Å². The first-order chi connectivity index (χ1) is 11.5. The van der Waals surface area contributed by atoms with Gasteiger partial charge in [-0.05, 0) is 42.3 Å². The zero-order valence-corrected chi connectivity index (χ0v) is 13.5. The van der Waals surface area contributed by atoms with Gasteiger partial charge in [-0.3, -0.25) is 4.79 Å². The van der Waals surface area contributed by atoms with Gasteiger partial charge in [-0.25, -0.2) is 4.79 Å². The van der Waals surface area contributed by atoms with Crippen LogP contribution >= 0.6 is 0 Å². The number of ether oxygens (including phenoxy) is 1. The fourth-order valence-corrected chi connectivity index (χ4v) is 1.83. The zero-order valence-electron chi connectivity index (χ0n) is 13.5. The highest BCUT2D eigenvalue weighted by molar-refractivity contribution is 6.02. The van der Waals surface area contributed by atoms with Crippen LogP contribution in [0.4, 0.5) is 0 Å². The number of hydrogen-bond donors (Lipinski definition) is 2. The molecule has 0 bridgehead atoms. The van der Waals surface area contributed by atoms with Crippen LogP contribution in [0.15, 0.2) is 52.8 Å². The van der Waals surface area contributed by atoms with E-state index < -0.39 is 11.9 Å². The Labute approximate surface area is 139 Å². The molecule has 0 atom stereocenters. The first-order valence-corrected chi connectivity index (χ1v) is 7.48. The van der Waals surface area contributed by atoms with Gasteiger partial charge in [0.1, 0.15) is 17.2 Å². The van der Waals surface area contributed by atoms with Crippen LogP contribution in [-0.2, 0) is 4.79 Å². The number of benzene rings is 1. The van der Waals surface area contributed by atoms with Crippen molar-refractivity contribution in [1.29, 1.82) is 0 Å². The van der Waals surface area contributed by atoms with Gasteiger partial charge in [-0.15, -0.1) is 0 Å². The highest BCUT2D eigenvalue weighted by Gasteiger charge is 2.14. The van der Waals surface area contributed by atoms with E-state index in [1.807, 2.05) is 13.8 Å². The van der Waals surface area contributed by atoms with E-state index in [4.69, 9.17) is 9.15 Å². The van der Waals surface area contributed by atoms with Crippen molar-refractivity contribution in [3.8, 4) is 5.75 Å². The molecule has 2 N–H and O–H groups in total. The third-order valence-electron chi connectivity index (χ3n) is 3.01. The smallest absolute Gasteiger partial charge is 0.352 e. The second kappa shape index (κ2) is 8.01. The topological polar surface area (TPSA) is 88.8 Å². The summed E-state index contributed by atoms with van der Waals surface area (Å²) in [6.07, 6.45) is 2.67. The predicted octanol–water partition coefficient (Wildman–Crippen LogP) is 3.17. The van der Waals surface area contributed by atoms with Gasteiger partial charge in [0.2, 0.25) is 0 Å². The van der Waals surface area contributed by atoms with Crippen molar-refractivity contribution in [3.05, 3.63) is 59.7 Å². The number of amides is 1. The van der Waals surface area contributed by atoms with Crippen molar-refractivity contribution < 1.29 is 23.8 Å². The van der Waals surface area contributed by atoms with Crippen LogP contribution in [0.1, 0.15) is 30.0 Å². The summed E-state index contributed by atoms with van der Waals surface area (Å²) in [5.74, 6) is -0.380. The van der Waals surface area contributed by atoms with Gasteiger partial charge in [-0.2, -0.15) is 0 Å². The van der Waals surface area contributed by atoms with Crippen molar-refractivity contribution in [2.24, 2.45) is 5.92 Å². The molecule has 2 rings (SSSR count). The minimum Gasteiger partial charge on any atom is -0.493 e. The number of carboxylic acids is 1. The number of hydrogen-bond acceptors (Lipinski definition) is 4. The van der Waals surface area contributed by atoms with Crippen molar-refractivity contribution in [1.82, 2.24) is 5.32 Å². The maximum atomic E-state index is 12.2. The van der Waals surface area contributed by atoms with Crippen molar-refractivity contribution in [2.75, 3.05) is 6.61 Å². The zero-order chi connectivity index (χ0) is 17.5. The quantitative estimate of drug-likeness (QED) is 0.762. The van der Waals surface area contributed by atoms with E-state index in [9.17, 15) is 14.7 Å². The van der Waals surface area contributed by atoms with Gasteiger partial charge in [-0.1, -0.05) is 13.8 Å². The average molecular weight is 329 g/mol. The lowest BCUT2D eigenvalue weighted by atomic mass is 10.2. The number of carbonyl (C=O) groups excluding carboxylic acids is 1. The number of carbonyl (C=O) groups is 2. The lowest BCUT2D eigenvalue weighted by Gasteiger charge is -2.09. The summed E-state index contributed by atoms with van der Waals surface area (Å²) in [6, 6.07) is 9.73. The molecule has 0 saturated carbocycles. The number of aliphatic carboxylic acids is 1. The molecule has 0 aliphatic heterocycles. The average Bonchev–Trinajstić information content (AvgIpc) is 3.05. The SMILES string of the molecule is CC(C)COc1ccc(C(=O)N/C(=C/c2ccco2)C(=O)O)cc1. The standard InChI is InChI=1S/C18H19NO5/c1-12(2)11-24-14-7-5-13(6-8-14)17(20)19-16(18(21)22)10-15-4-3-9-23-15/h3-10,12H,11H2,1-2H3,(H,19,20)(H,21,22)/b16-10+. The molecule has 6 nitrogen and oxygen atoms in total. The maximum Gasteiger partial charge on any atom is 0.352 e. The predicted molar refractivity (Wildman–Crippen MR) is 88.6 cm³/mol. The van der Waals surface area contributed by atoms with E-state index in [0.29, 0.717) is 29.6 Å². The van der Waals surface area contributed by atoms with Gasteiger partial charge in [0.25, 0.3) is 5.91 Å². The molecule has 126 valence electrons. The summed E-state index contributed by atoms with van der Waals surface area (Å²) >= 11 is 0. The Morgan fingerprint density at radius 1 is 1.25 bits per heavy atom. The van der Waals surface area contributed by atoms with Crippen LogP contribution in [0.5, 0.6) is 5.75 Å². The molecule has 0 aliphatic rings. The molecule has 1 amide bonds. The summed E-state index contributed by atoms with van der Waals surface area (Å²) in [5, 5.41) is 11.6. The molecule has 1 aromatic carbocycles. The Hall–Kier alpha value is -3.02. The molecular formula is C18H19NO5. The van der Waals surface area contributed by atoms with Gasteiger partial charge in [0, 0.05) is 11.6 Å². The first-order valence-electron chi connectivity index (χ1n) is 7.48. The number of furan rings is 1. The summed E-state index contributed by atoms with van der Waals surface area (Å²) in [6.45, 7) is 4.67. The van der Waals surface area contributed by atoms with Crippen LogP contribution < -0.4 is 10.1 Å². The van der Waals surface area contributed by atoms with Crippen LogP contribution in [0.2, 0.25) is 0 Å². The van der Waals surface area contributed by atoms with E-state index in [2.05, 4.69) is 5.32 Å². The van der Waals surface area contributed by atoms with Gasteiger partial charge >= 0.3 is 5.97 Å². The Bertz CT molecular complexity index is 714. The molecule has 0 fully saturated rings. The molecule has 6 heteroatoms. The molecule has 0 saturated heterocycles. The summed E-state index contributed by atoms with van der Waals surface area (Å²) in [5.41, 5.74) is 0.0635. The lowest BCUT2D eigenvalue weighted by molar-refractivity contribution is -0.132. The Morgan fingerprint density at radius 3 is 2.50 bits per heavy atom. The second-order valence-electron chi connectivity index (χ2n) is 5.56.